The van der Waals surface area contributed by atoms with Gasteiger partial charge in [0.25, 0.3) is 0 Å². The summed E-state index contributed by atoms with van der Waals surface area (Å²) >= 11 is 6.54. The van der Waals surface area contributed by atoms with Crippen LogP contribution in [-0.2, 0) is 13.0 Å². The summed E-state index contributed by atoms with van der Waals surface area (Å²) in [5.74, 6) is 2.05. The summed E-state index contributed by atoms with van der Waals surface area (Å²) in [4.78, 5) is 21.5. The van der Waals surface area contributed by atoms with Crippen LogP contribution < -0.4 is 9.80 Å². The van der Waals surface area contributed by atoms with Gasteiger partial charge < -0.3 is 14.7 Å². The van der Waals surface area contributed by atoms with Gasteiger partial charge in [-0.15, -0.1) is 0 Å². The third-order valence-corrected chi connectivity index (χ3v) is 7.01. The van der Waals surface area contributed by atoms with E-state index in [1.54, 1.807) is 6.20 Å². The van der Waals surface area contributed by atoms with E-state index in [1.807, 2.05) is 6.20 Å². The van der Waals surface area contributed by atoms with Crippen molar-refractivity contribution in [2.45, 2.75) is 33.2 Å². The molecular weight excluding hydrogens is 432 g/mol. The zero-order valence-electron chi connectivity index (χ0n) is 19.7. The summed E-state index contributed by atoms with van der Waals surface area (Å²) in [5.41, 5.74) is 6.61. The number of hydrogen-bond donors (Lipinski definition) is 0. The van der Waals surface area contributed by atoms with Crippen LogP contribution in [0, 0.1) is 13.8 Å². The van der Waals surface area contributed by atoms with E-state index in [4.69, 9.17) is 16.6 Å². The molecule has 0 atom stereocenters. The van der Waals surface area contributed by atoms with Crippen molar-refractivity contribution >= 4 is 23.2 Å². The van der Waals surface area contributed by atoms with Gasteiger partial charge in [-0.2, -0.15) is 0 Å². The molecule has 5 rings (SSSR count). The number of aromatic nitrogens is 3. The summed E-state index contributed by atoms with van der Waals surface area (Å²) in [5, 5.41) is 0.630. The van der Waals surface area contributed by atoms with Crippen LogP contribution in [0.5, 0.6) is 0 Å². The Morgan fingerprint density at radius 1 is 0.879 bits per heavy atom. The minimum Gasteiger partial charge on any atom is -0.355 e. The molecule has 6 nitrogen and oxygen atoms in total. The SMILES string of the molecule is Cc1cnc(-c2cc(N3CCc4nc(N5CCCN(C)CC5)ccc4C3)ncc2Cl)c(C)c1. The molecule has 3 aromatic rings. The maximum atomic E-state index is 6.54. The molecule has 7 heteroatoms. The number of nitrogens with zero attached hydrogens (tertiary/aromatic N) is 6. The molecule has 2 aliphatic rings. The largest absolute Gasteiger partial charge is 0.355 e. The van der Waals surface area contributed by atoms with Gasteiger partial charge >= 0.3 is 0 Å². The summed E-state index contributed by atoms with van der Waals surface area (Å²) in [6, 6.07) is 8.66. The van der Waals surface area contributed by atoms with E-state index in [2.05, 4.69) is 69.8 Å². The third-order valence-electron chi connectivity index (χ3n) is 6.71. The highest BCUT2D eigenvalue weighted by Gasteiger charge is 2.22. The molecule has 1 saturated heterocycles. The Hall–Kier alpha value is -2.70. The predicted molar refractivity (Wildman–Crippen MR) is 135 cm³/mol. The van der Waals surface area contributed by atoms with Crippen LogP contribution in [0.25, 0.3) is 11.3 Å². The van der Waals surface area contributed by atoms with Crippen molar-refractivity contribution in [1.82, 2.24) is 19.9 Å². The Balaban J connectivity index is 1.37. The number of halogens is 1. The second kappa shape index (κ2) is 9.27. The van der Waals surface area contributed by atoms with E-state index in [-0.39, 0.29) is 0 Å². The first-order valence-electron chi connectivity index (χ1n) is 11.7. The number of fused-ring (bicyclic) bond motifs is 1. The highest BCUT2D eigenvalue weighted by atomic mass is 35.5. The standard InChI is InChI=1S/C26H31ClN6/c1-18-13-19(2)26(29-15-18)21-14-25(28-16-22(21)27)33-10-7-23-20(17-33)5-6-24(30-23)32-9-4-8-31(3)11-12-32/h5-6,13-16H,4,7-12,17H2,1-3H3. The van der Waals surface area contributed by atoms with Crippen LogP contribution in [0.15, 0.2) is 36.7 Å². The maximum absolute atomic E-state index is 6.54. The van der Waals surface area contributed by atoms with Crippen LogP contribution in [0.2, 0.25) is 5.02 Å². The Bertz CT molecular complexity index is 1160. The maximum Gasteiger partial charge on any atom is 0.129 e. The fourth-order valence-electron chi connectivity index (χ4n) is 4.83. The van der Waals surface area contributed by atoms with E-state index in [0.29, 0.717) is 5.02 Å². The molecular formula is C26H31ClN6. The van der Waals surface area contributed by atoms with E-state index >= 15 is 0 Å². The van der Waals surface area contributed by atoms with Crippen molar-refractivity contribution < 1.29 is 0 Å². The van der Waals surface area contributed by atoms with Gasteiger partial charge in [0.2, 0.25) is 0 Å². The zero-order valence-corrected chi connectivity index (χ0v) is 20.4. The fourth-order valence-corrected chi connectivity index (χ4v) is 5.02. The molecule has 0 spiro atoms. The fraction of sp³-hybridized carbons (Fsp3) is 0.423. The molecule has 0 bridgehead atoms. The van der Waals surface area contributed by atoms with Crippen LogP contribution in [0.1, 0.15) is 28.8 Å². The highest BCUT2D eigenvalue weighted by Crippen LogP contribution is 2.33. The molecule has 3 aromatic heterocycles. The minimum absolute atomic E-state index is 0.630. The molecule has 172 valence electrons. The first-order valence-corrected chi connectivity index (χ1v) is 12.1. The monoisotopic (exact) mass is 462 g/mol. The van der Waals surface area contributed by atoms with Gasteiger partial charge in [0.05, 0.1) is 10.7 Å². The zero-order chi connectivity index (χ0) is 22.9. The number of anilines is 2. The first kappa shape index (κ1) is 22.1. The molecule has 2 aliphatic heterocycles. The Morgan fingerprint density at radius 3 is 2.61 bits per heavy atom. The van der Waals surface area contributed by atoms with E-state index in [1.165, 1.54) is 17.7 Å². The predicted octanol–water partition coefficient (Wildman–Crippen LogP) is 4.51. The van der Waals surface area contributed by atoms with Crippen molar-refractivity contribution in [2.75, 3.05) is 49.6 Å². The summed E-state index contributed by atoms with van der Waals surface area (Å²) in [7, 11) is 2.20. The van der Waals surface area contributed by atoms with Gasteiger partial charge in [-0.1, -0.05) is 23.7 Å². The van der Waals surface area contributed by atoms with Crippen molar-refractivity contribution in [3.8, 4) is 11.3 Å². The molecule has 1 fully saturated rings. The Morgan fingerprint density at radius 2 is 1.76 bits per heavy atom. The average molecular weight is 463 g/mol. The van der Waals surface area contributed by atoms with Gasteiger partial charge in [-0.05, 0) is 62.7 Å². The Labute approximate surface area is 201 Å². The number of rotatable bonds is 3. The highest BCUT2D eigenvalue weighted by molar-refractivity contribution is 6.33. The first-order chi connectivity index (χ1) is 16.0. The van der Waals surface area contributed by atoms with E-state index in [0.717, 1.165) is 79.7 Å². The average Bonchev–Trinajstić information content (AvgIpc) is 3.03. The summed E-state index contributed by atoms with van der Waals surface area (Å²) in [6.45, 7) is 10.2. The number of aryl methyl sites for hydroxylation is 2. The lowest BCUT2D eigenvalue weighted by atomic mass is 10.0. The molecule has 0 amide bonds. The normalized spacial score (nSPS) is 17.1. The smallest absolute Gasteiger partial charge is 0.129 e. The second-order valence-corrected chi connectivity index (χ2v) is 9.70. The molecule has 0 radical (unpaired) electrons. The molecule has 0 aliphatic carbocycles. The number of pyridine rings is 3. The lowest BCUT2D eigenvalue weighted by Gasteiger charge is -2.31. The molecule has 33 heavy (non-hydrogen) atoms. The second-order valence-electron chi connectivity index (χ2n) is 9.29. The topological polar surface area (TPSA) is 48.4 Å². The molecule has 0 unspecified atom stereocenters. The van der Waals surface area contributed by atoms with Crippen molar-refractivity contribution in [2.24, 2.45) is 0 Å². The van der Waals surface area contributed by atoms with Crippen molar-refractivity contribution in [3.63, 3.8) is 0 Å². The van der Waals surface area contributed by atoms with Gasteiger partial charge in [0.15, 0.2) is 0 Å². The minimum atomic E-state index is 0.630. The van der Waals surface area contributed by atoms with E-state index in [9.17, 15) is 0 Å². The van der Waals surface area contributed by atoms with Gasteiger partial charge in [0, 0.05) is 62.8 Å². The van der Waals surface area contributed by atoms with Gasteiger partial charge in [-0.25, -0.2) is 9.97 Å². The Kier molecular flexibility index (Phi) is 6.21. The summed E-state index contributed by atoms with van der Waals surface area (Å²) in [6.07, 6.45) is 5.74. The van der Waals surface area contributed by atoms with Crippen LogP contribution in [0.4, 0.5) is 11.6 Å². The van der Waals surface area contributed by atoms with Gasteiger partial charge in [0.1, 0.15) is 11.6 Å². The van der Waals surface area contributed by atoms with Crippen LogP contribution in [-0.4, -0.2) is 59.6 Å². The van der Waals surface area contributed by atoms with Gasteiger partial charge in [-0.3, -0.25) is 4.98 Å². The quantitative estimate of drug-likeness (QED) is 0.570. The lowest BCUT2D eigenvalue weighted by Crippen LogP contribution is -2.33. The molecule has 5 heterocycles. The third kappa shape index (κ3) is 4.68. The molecule has 0 saturated carbocycles. The van der Waals surface area contributed by atoms with Crippen LogP contribution in [0.3, 0.4) is 0 Å². The lowest BCUT2D eigenvalue weighted by molar-refractivity contribution is 0.360. The molecule has 0 N–H and O–H groups in total. The summed E-state index contributed by atoms with van der Waals surface area (Å²) < 4.78 is 0. The van der Waals surface area contributed by atoms with Crippen LogP contribution >= 0.6 is 11.6 Å². The molecule has 0 aromatic carbocycles. The van der Waals surface area contributed by atoms with Crippen molar-refractivity contribution in [3.05, 3.63) is 64.1 Å². The van der Waals surface area contributed by atoms with Crippen molar-refractivity contribution in [1.29, 1.82) is 0 Å². The van der Waals surface area contributed by atoms with E-state index < -0.39 is 0 Å². The number of likely N-dealkylation sites (N-methyl/N-ethyl adjacent to an activating group) is 1. The number of hydrogen-bond acceptors (Lipinski definition) is 6.